The maximum atomic E-state index is 10.8. The van der Waals surface area contributed by atoms with Gasteiger partial charge in [-0.15, -0.1) is 0 Å². The Labute approximate surface area is 107 Å². The second-order valence-corrected chi connectivity index (χ2v) is 5.23. The maximum absolute atomic E-state index is 10.8. The van der Waals surface area contributed by atoms with E-state index in [4.69, 9.17) is 5.11 Å². The van der Waals surface area contributed by atoms with E-state index >= 15 is 0 Å². The normalized spacial score (nSPS) is 23.6. The van der Waals surface area contributed by atoms with E-state index in [0.29, 0.717) is 11.7 Å². The van der Waals surface area contributed by atoms with Gasteiger partial charge in [-0.05, 0) is 36.8 Å². The van der Waals surface area contributed by atoms with E-state index in [1.807, 2.05) is 6.07 Å². The van der Waals surface area contributed by atoms with Crippen molar-refractivity contribution in [2.24, 2.45) is 11.8 Å². The van der Waals surface area contributed by atoms with Crippen molar-refractivity contribution in [2.75, 3.05) is 11.9 Å². The Bertz CT molecular complexity index is 420. The SMILES string of the molecule is CC1CCCC(CNc2cccc(C(=O)O)n2)C1. The molecule has 0 saturated heterocycles. The molecular formula is C14H20N2O2. The van der Waals surface area contributed by atoms with Crippen LogP contribution in [0.4, 0.5) is 5.82 Å². The minimum atomic E-state index is -0.982. The summed E-state index contributed by atoms with van der Waals surface area (Å²) in [5, 5.41) is 12.1. The predicted octanol–water partition coefficient (Wildman–Crippen LogP) is 3.02. The van der Waals surface area contributed by atoms with Gasteiger partial charge in [-0.2, -0.15) is 0 Å². The van der Waals surface area contributed by atoms with Crippen LogP contribution in [0.5, 0.6) is 0 Å². The fourth-order valence-corrected chi connectivity index (χ4v) is 2.65. The van der Waals surface area contributed by atoms with Crippen LogP contribution in [0.25, 0.3) is 0 Å². The van der Waals surface area contributed by atoms with Crippen molar-refractivity contribution < 1.29 is 9.90 Å². The minimum absolute atomic E-state index is 0.0945. The zero-order valence-electron chi connectivity index (χ0n) is 10.7. The molecule has 2 N–H and O–H groups in total. The zero-order valence-corrected chi connectivity index (χ0v) is 10.7. The number of aromatic carboxylic acids is 1. The van der Waals surface area contributed by atoms with Crippen LogP contribution in [0.2, 0.25) is 0 Å². The van der Waals surface area contributed by atoms with E-state index in [0.717, 1.165) is 12.5 Å². The van der Waals surface area contributed by atoms with E-state index in [1.54, 1.807) is 6.07 Å². The number of carboxylic acid groups (broad SMARTS) is 1. The highest BCUT2D eigenvalue weighted by Crippen LogP contribution is 2.28. The van der Waals surface area contributed by atoms with Crippen molar-refractivity contribution in [1.82, 2.24) is 4.98 Å². The summed E-state index contributed by atoms with van der Waals surface area (Å²) in [6.45, 7) is 3.19. The second kappa shape index (κ2) is 5.85. The lowest BCUT2D eigenvalue weighted by Crippen LogP contribution is -2.21. The van der Waals surface area contributed by atoms with Crippen molar-refractivity contribution in [1.29, 1.82) is 0 Å². The van der Waals surface area contributed by atoms with Gasteiger partial charge in [0.1, 0.15) is 5.82 Å². The first-order chi connectivity index (χ1) is 8.65. The largest absolute Gasteiger partial charge is 0.477 e. The average Bonchev–Trinajstić information content (AvgIpc) is 2.37. The molecule has 98 valence electrons. The lowest BCUT2D eigenvalue weighted by atomic mass is 9.82. The van der Waals surface area contributed by atoms with Gasteiger partial charge in [0.25, 0.3) is 0 Å². The molecule has 18 heavy (non-hydrogen) atoms. The number of hydrogen-bond acceptors (Lipinski definition) is 3. The fourth-order valence-electron chi connectivity index (χ4n) is 2.65. The molecule has 0 spiro atoms. The van der Waals surface area contributed by atoms with E-state index in [2.05, 4.69) is 17.2 Å². The molecule has 2 atom stereocenters. The molecule has 1 aliphatic rings. The van der Waals surface area contributed by atoms with E-state index in [1.165, 1.54) is 31.7 Å². The van der Waals surface area contributed by atoms with Gasteiger partial charge in [-0.3, -0.25) is 0 Å². The number of aromatic nitrogens is 1. The van der Waals surface area contributed by atoms with Crippen molar-refractivity contribution in [2.45, 2.75) is 32.6 Å². The van der Waals surface area contributed by atoms with Crippen LogP contribution in [0.1, 0.15) is 43.1 Å². The van der Waals surface area contributed by atoms with Gasteiger partial charge in [0.2, 0.25) is 0 Å². The third kappa shape index (κ3) is 3.45. The van der Waals surface area contributed by atoms with Crippen LogP contribution in [-0.2, 0) is 0 Å². The highest BCUT2D eigenvalue weighted by atomic mass is 16.4. The molecule has 2 rings (SSSR count). The van der Waals surface area contributed by atoms with Gasteiger partial charge in [0, 0.05) is 6.54 Å². The molecular weight excluding hydrogens is 228 g/mol. The third-order valence-corrected chi connectivity index (χ3v) is 3.59. The van der Waals surface area contributed by atoms with Crippen LogP contribution < -0.4 is 5.32 Å². The Morgan fingerprint density at radius 1 is 1.50 bits per heavy atom. The molecule has 0 amide bonds. The molecule has 1 heterocycles. The van der Waals surface area contributed by atoms with Gasteiger partial charge in [0.05, 0.1) is 0 Å². The molecule has 1 saturated carbocycles. The number of carboxylic acids is 1. The van der Waals surface area contributed by atoms with Gasteiger partial charge in [-0.25, -0.2) is 9.78 Å². The first kappa shape index (κ1) is 12.9. The molecule has 1 fully saturated rings. The summed E-state index contributed by atoms with van der Waals surface area (Å²) in [6.07, 6.45) is 5.15. The van der Waals surface area contributed by atoms with Crippen LogP contribution in [0.3, 0.4) is 0 Å². The predicted molar refractivity (Wildman–Crippen MR) is 70.8 cm³/mol. The number of pyridine rings is 1. The number of hydrogen-bond donors (Lipinski definition) is 2. The number of nitrogens with one attached hydrogen (secondary N) is 1. The van der Waals surface area contributed by atoms with Crippen LogP contribution >= 0.6 is 0 Å². The van der Waals surface area contributed by atoms with Gasteiger partial charge in [0.15, 0.2) is 5.69 Å². The quantitative estimate of drug-likeness (QED) is 0.859. The summed E-state index contributed by atoms with van der Waals surface area (Å²) >= 11 is 0. The minimum Gasteiger partial charge on any atom is -0.477 e. The summed E-state index contributed by atoms with van der Waals surface area (Å²) in [5.74, 6) is 1.17. The highest BCUT2D eigenvalue weighted by molar-refractivity contribution is 5.85. The molecule has 1 aliphatic carbocycles. The molecule has 0 bridgehead atoms. The summed E-state index contributed by atoms with van der Waals surface area (Å²) < 4.78 is 0. The molecule has 1 aromatic rings. The lowest BCUT2D eigenvalue weighted by molar-refractivity contribution is 0.0690. The molecule has 4 heteroatoms. The summed E-state index contributed by atoms with van der Waals surface area (Å²) in [7, 11) is 0. The van der Waals surface area contributed by atoms with Crippen molar-refractivity contribution in [3.63, 3.8) is 0 Å². The third-order valence-electron chi connectivity index (χ3n) is 3.59. The number of carbonyl (C=O) groups is 1. The first-order valence-corrected chi connectivity index (χ1v) is 6.59. The van der Waals surface area contributed by atoms with Gasteiger partial charge >= 0.3 is 5.97 Å². The van der Waals surface area contributed by atoms with E-state index in [-0.39, 0.29) is 5.69 Å². The van der Waals surface area contributed by atoms with Crippen molar-refractivity contribution in [3.8, 4) is 0 Å². The monoisotopic (exact) mass is 248 g/mol. The number of nitrogens with zero attached hydrogens (tertiary/aromatic N) is 1. The second-order valence-electron chi connectivity index (χ2n) is 5.23. The zero-order chi connectivity index (χ0) is 13.0. The molecule has 0 radical (unpaired) electrons. The topological polar surface area (TPSA) is 62.2 Å². The van der Waals surface area contributed by atoms with Crippen LogP contribution in [0.15, 0.2) is 18.2 Å². The summed E-state index contributed by atoms with van der Waals surface area (Å²) in [5.41, 5.74) is 0.0945. The summed E-state index contributed by atoms with van der Waals surface area (Å²) in [6, 6.07) is 5.05. The summed E-state index contributed by atoms with van der Waals surface area (Å²) in [4.78, 5) is 14.9. The Balaban J connectivity index is 1.89. The van der Waals surface area contributed by atoms with E-state index < -0.39 is 5.97 Å². The Kier molecular flexibility index (Phi) is 4.18. The molecule has 1 aromatic heterocycles. The van der Waals surface area contributed by atoms with Crippen LogP contribution in [0, 0.1) is 11.8 Å². The van der Waals surface area contributed by atoms with Crippen molar-refractivity contribution in [3.05, 3.63) is 23.9 Å². The lowest BCUT2D eigenvalue weighted by Gasteiger charge is -2.26. The number of rotatable bonds is 4. The van der Waals surface area contributed by atoms with Gasteiger partial charge in [-0.1, -0.05) is 25.8 Å². The van der Waals surface area contributed by atoms with Gasteiger partial charge < -0.3 is 10.4 Å². The smallest absolute Gasteiger partial charge is 0.354 e. The molecule has 2 unspecified atom stereocenters. The Morgan fingerprint density at radius 3 is 3.06 bits per heavy atom. The average molecular weight is 248 g/mol. The van der Waals surface area contributed by atoms with Crippen LogP contribution in [-0.4, -0.2) is 22.6 Å². The Morgan fingerprint density at radius 2 is 2.33 bits per heavy atom. The Hall–Kier alpha value is -1.58. The number of anilines is 1. The van der Waals surface area contributed by atoms with Crippen molar-refractivity contribution >= 4 is 11.8 Å². The highest BCUT2D eigenvalue weighted by Gasteiger charge is 2.18. The molecule has 0 aliphatic heterocycles. The molecule has 4 nitrogen and oxygen atoms in total. The standard InChI is InChI=1S/C14H20N2O2/c1-10-4-2-5-11(8-10)9-15-13-7-3-6-12(16-13)14(17)18/h3,6-7,10-11H,2,4-5,8-9H2,1H3,(H,15,16)(H,17,18). The van der Waals surface area contributed by atoms with E-state index in [9.17, 15) is 4.79 Å². The molecule has 0 aromatic carbocycles. The maximum Gasteiger partial charge on any atom is 0.354 e. The first-order valence-electron chi connectivity index (χ1n) is 6.59. The fraction of sp³-hybridized carbons (Fsp3) is 0.571.